The number of anilines is 2. The van der Waals surface area contributed by atoms with E-state index >= 15 is 0 Å². The number of nitrogens with two attached hydrogens (primary N) is 1. The lowest BCUT2D eigenvalue weighted by Gasteiger charge is -2.05. The number of nitrogens with one attached hydrogen (secondary N) is 1. The number of nitrogens with zero attached hydrogens (tertiary/aromatic N) is 7. The van der Waals surface area contributed by atoms with Gasteiger partial charge in [-0.2, -0.15) is 9.78 Å². The number of fused-ring (bicyclic) bond motifs is 1. The fraction of sp³-hybridized carbons (Fsp3) is 0.316. The van der Waals surface area contributed by atoms with Crippen LogP contribution in [-0.2, 0) is 13.0 Å². The summed E-state index contributed by atoms with van der Waals surface area (Å²) in [6.45, 7) is 1.54. The Morgan fingerprint density at radius 1 is 1.10 bits per heavy atom. The lowest BCUT2D eigenvalue weighted by atomic mass is 10.1. The minimum atomic E-state index is 0.498. The maximum absolute atomic E-state index is 5.54. The minimum absolute atomic E-state index is 0.498. The van der Waals surface area contributed by atoms with Crippen molar-refractivity contribution in [1.29, 1.82) is 0 Å². The van der Waals surface area contributed by atoms with Crippen LogP contribution in [0.1, 0.15) is 18.4 Å². The molecule has 0 bridgehead atoms. The monoisotopic (exact) mass is 455 g/mol. The van der Waals surface area contributed by atoms with E-state index in [9.17, 15) is 0 Å². The Morgan fingerprint density at radius 2 is 1.97 bits per heavy atom. The SMILES string of the molecule is NCCCCn1cc(Nc2cnc3nnn(-c4ccc(CCBr)cc4)c3n2)cn1. The number of benzene rings is 1. The molecule has 4 aromatic rings. The molecular weight excluding hydrogens is 434 g/mol. The van der Waals surface area contributed by atoms with Crippen LogP contribution in [0.25, 0.3) is 17.0 Å². The van der Waals surface area contributed by atoms with E-state index in [1.54, 1.807) is 17.1 Å². The van der Waals surface area contributed by atoms with E-state index < -0.39 is 0 Å². The molecule has 0 aliphatic heterocycles. The highest BCUT2D eigenvalue weighted by molar-refractivity contribution is 9.09. The van der Waals surface area contributed by atoms with Crippen LogP contribution in [0.4, 0.5) is 11.5 Å². The van der Waals surface area contributed by atoms with Gasteiger partial charge in [0.05, 0.1) is 23.8 Å². The second-order valence-electron chi connectivity index (χ2n) is 6.62. The summed E-state index contributed by atoms with van der Waals surface area (Å²) in [6.07, 6.45) is 8.33. The summed E-state index contributed by atoms with van der Waals surface area (Å²) in [5.74, 6) is 0.610. The highest BCUT2D eigenvalue weighted by Crippen LogP contribution is 2.18. The van der Waals surface area contributed by atoms with Crippen molar-refractivity contribution in [3.05, 3.63) is 48.4 Å². The average molecular weight is 456 g/mol. The van der Waals surface area contributed by atoms with Crippen molar-refractivity contribution in [2.24, 2.45) is 5.73 Å². The minimum Gasteiger partial charge on any atom is -0.336 e. The Bertz CT molecular complexity index is 1070. The van der Waals surface area contributed by atoms with Crippen molar-refractivity contribution in [3.8, 4) is 5.69 Å². The smallest absolute Gasteiger partial charge is 0.221 e. The molecule has 0 atom stereocenters. The van der Waals surface area contributed by atoms with Crippen molar-refractivity contribution in [1.82, 2.24) is 34.7 Å². The van der Waals surface area contributed by atoms with E-state index in [1.165, 1.54) is 5.56 Å². The van der Waals surface area contributed by atoms with Crippen molar-refractivity contribution < 1.29 is 0 Å². The molecule has 0 amide bonds. The number of halogens is 1. The molecule has 0 fully saturated rings. The normalized spacial score (nSPS) is 11.2. The predicted octanol–water partition coefficient (Wildman–Crippen LogP) is 2.83. The van der Waals surface area contributed by atoms with Gasteiger partial charge in [0.25, 0.3) is 0 Å². The fourth-order valence-corrected chi connectivity index (χ4v) is 3.44. The van der Waals surface area contributed by atoms with Gasteiger partial charge in [0.1, 0.15) is 0 Å². The number of unbranched alkanes of at least 4 members (excludes halogenated alkanes) is 1. The number of aromatic nitrogens is 7. The van der Waals surface area contributed by atoms with Crippen LogP contribution in [0.5, 0.6) is 0 Å². The molecule has 150 valence electrons. The zero-order valence-electron chi connectivity index (χ0n) is 15.9. The van der Waals surface area contributed by atoms with Gasteiger partial charge in [-0.1, -0.05) is 33.3 Å². The highest BCUT2D eigenvalue weighted by atomic mass is 79.9. The summed E-state index contributed by atoms with van der Waals surface area (Å²) < 4.78 is 3.59. The van der Waals surface area contributed by atoms with Crippen LogP contribution in [-0.4, -0.2) is 46.6 Å². The van der Waals surface area contributed by atoms with Crippen LogP contribution in [0, 0.1) is 0 Å². The molecule has 3 N–H and O–H groups in total. The van der Waals surface area contributed by atoms with Crippen LogP contribution in [0.2, 0.25) is 0 Å². The van der Waals surface area contributed by atoms with Gasteiger partial charge in [-0.3, -0.25) is 4.68 Å². The summed E-state index contributed by atoms with van der Waals surface area (Å²) in [4.78, 5) is 9.02. The second kappa shape index (κ2) is 9.10. The van der Waals surface area contributed by atoms with E-state index in [0.717, 1.165) is 42.5 Å². The summed E-state index contributed by atoms with van der Waals surface area (Å²) in [5, 5.41) is 16.9. The summed E-state index contributed by atoms with van der Waals surface area (Å²) in [5.41, 5.74) is 9.64. The van der Waals surface area contributed by atoms with Crippen LogP contribution >= 0.6 is 15.9 Å². The molecule has 3 aromatic heterocycles. The molecule has 0 saturated carbocycles. The molecule has 10 heteroatoms. The lowest BCUT2D eigenvalue weighted by Crippen LogP contribution is -2.03. The third-order valence-corrected chi connectivity index (χ3v) is 4.87. The Balaban J connectivity index is 1.54. The molecule has 0 aliphatic carbocycles. The molecule has 0 unspecified atom stereocenters. The van der Waals surface area contributed by atoms with Crippen LogP contribution in [0.3, 0.4) is 0 Å². The summed E-state index contributed by atoms with van der Waals surface area (Å²) >= 11 is 3.46. The molecule has 4 rings (SSSR count). The molecule has 29 heavy (non-hydrogen) atoms. The van der Waals surface area contributed by atoms with E-state index in [-0.39, 0.29) is 0 Å². The quantitative estimate of drug-likeness (QED) is 0.294. The third kappa shape index (κ3) is 4.60. The van der Waals surface area contributed by atoms with Gasteiger partial charge in [0.15, 0.2) is 5.82 Å². The second-order valence-corrected chi connectivity index (χ2v) is 7.41. The molecule has 1 aromatic carbocycles. The van der Waals surface area contributed by atoms with Crippen LogP contribution < -0.4 is 11.1 Å². The predicted molar refractivity (Wildman–Crippen MR) is 116 cm³/mol. The zero-order chi connectivity index (χ0) is 20.1. The van der Waals surface area contributed by atoms with E-state index in [4.69, 9.17) is 5.73 Å². The zero-order valence-corrected chi connectivity index (χ0v) is 17.5. The number of rotatable bonds is 9. The van der Waals surface area contributed by atoms with Crippen LogP contribution in [0.15, 0.2) is 42.9 Å². The van der Waals surface area contributed by atoms with E-state index in [0.29, 0.717) is 23.7 Å². The Hall–Kier alpha value is -2.85. The topological polar surface area (TPSA) is 112 Å². The van der Waals surface area contributed by atoms with Crippen molar-refractivity contribution in [2.75, 3.05) is 17.2 Å². The Morgan fingerprint density at radius 3 is 2.76 bits per heavy atom. The molecular formula is C19H22BrN9. The first-order valence-corrected chi connectivity index (χ1v) is 10.6. The molecule has 0 spiro atoms. The number of hydrogen-bond acceptors (Lipinski definition) is 7. The van der Waals surface area contributed by atoms with Gasteiger partial charge in [-0.15, -0.1) is 5.10 Å². The number of alkyl halides is 1. The highest BCUT2D eigenvalue weighted by Gasteiger charge is 2.11. The molecule has 0 saturated heterocycles. The molecule has 9 nitrogen and oxygen atoms in total. The van der Waals surface area contributed by atoms with Gasteiger partial charge in [-0.05, 0) is 43.5 Å². The average Bonchev–Trinajstić information content (AvgIpc) is 3.36. The van der Waals surface area contributed by atoms with Gasteiger partial charge < -0.3 is 11.1 Å². The molecule has 0 radical (unpaired) electrons. The standard InChI is InChI=1S/C19H22BrN9/c20-8-7-14-3-5-16(6-4-14)29-19-18(26-27-29)22-12-17(25-19)24-15-11-23-28(13-15)10-2-1-9-21/h3-6,11-13H,1-2,7-10,21H2,(H,24,25). The third-order valence-electron chi connectivity index (χ3n) is 4.48. The van der Waals surface area contributed by atoms with Crippen molar-refractivity contribution in [2.45, 2.75) is 25.8 Å². The summed E-state index contributed by atoms with van der Waals surface area (Å²) in [7, 11) is 0. The maximum atomic E-state index is 5.54. The Labute approximate surface area is 176 Å². The van der Waals surface area contributed by atoms with Gasteiger partial charge >= 0.3 is 0 Å². The van der Waals surface area contributed by atoms with Gasteiger partial charge in [0.2, 0.25) is 11.3 Å². The summed E-state index contributed by atoms with van der Waals surface area (Å²) in [6, 6.07) is 8.19. The van der Waals surface area contributed by atoms with E-state index in [2.05, 4.69) is 58.8 Å². The first-order valence-electron chi connectivity index (χ1n) is 9.50. The lowest BCUT2D eigenvalue weighted by molar-refractivity contribution is 0.562. The van der Waals surface area contributed by atoms with E-state index in [1.807, 2.05) is 23.0 Å². The largest absolute Gasteiger partial charge is 0.336 e. The first kappa shape index (κ1) is 19.5. The number of hydrogen-bond donors (Lipinski definition) is 2. The fourth-order valence-electron chi connectivity index (χ4n) is 2.98. The molecule has 3 heterocycles. The van der Waals surface area contributed by atoms with Crippen molar-refractivity contribution in [3.63, 3.8) is 0 Å². The maximum Gasteiger partial charge on any atom is 0.221 e. The first-order chi connectivity index (χ1) is 14.3. The van der Waals surface area contributed by atoms with Gasteiger partial charge in [-0.25, -0.2) is 9.97 Å². The number of aryl methyl sites for hydroxylation is 2. The van der Waals surface area contributed by atoms with Crippen molar-refractivity contribution >= 4 is 38.7 Å². The van der Waals surface area contributed by atoms with Gasteiger partial charge in [0, 0.05) is 18.1 Å². The molecule has 0 aliphatic rings. The Kier molecular flexibility index (Phi) is 6.11.